The first-order valence-electron chi connectivity index (χ1n) is 12.9. The van der Waals surface area contributed by atoms with Crippen LogP contribution in [0.5, 0.6) is 11.6 Å². The number of hydrogen-bond donors (Lipinski definition) is 1. The molecule has 2 aromatic heterocycles. The Balaban J connectivity index is 1.43. The van der Waals surface area contributed by atoms with Crippen LogP contribution in [0.2, 0.25) is 0 Å². The zero-order valence-electron chi connectivity index (χ0n) is 20.8. The molecule has 1 aromatic carbocycles. The first-order chi connectivity index (χ1) is 17.6. The van der Waals surface area contributed by atoms with Crippen LogP contribution in [0.25, 0.3) is 11.1 Å². The van der Waals surface area contributed by atoms with Crippen LogP contribution >= 0.6 is 0 Å². The molecule has 0 bridgehead atoms. The fraction of sp³-hybridized carbons (Fsp3) is 0.481. The molecular formula is C27H32N6O3. The van der Waals surface area contributed by atoms with Gasteiger partial charge in [-0.1, -0.05) is 0 Å². The number of nitrogens with zero attached hydrogens (tertiary/aromatic N) is 5. The predicted molar refractivity (Wildman–Crippen MR) is 136 cm³/mol. The third-order valence-electron chi connectivity index (χ3n) is 7.58. The molecule has 0 spiro atoms. The number of benzene rings is 1. The van der Waals surface area contributed by atoms with Crippen molar-refractivity contribution in [3.63, 3.8) is 0 Å². The van der Waals surface area contributed by atoms with E-state index in [2.05, 4.69) is 26.2 Å². The summed E-state index contributed by atoms with van der Waals surface area (Å²) in [5, 5.41) is 8.13. The molecule has 1 saturated carbocycles. The highest BCUT2D eigenvalue weighted by atomic mass is 16.5. The monoisotopic (exact) mass is 488 g/mol. The Morgan fingerprint density at radius 3 is 2.72 bits per heavy atom. The number of piperidine rings is 1. The quantitative estimate of drug-likeness (QED) is 0.549. The molecule has 2 fully saturated rings. The van der Waals surface area contributed by atoms with Crippen molar-refractivity contribution in [2.24, 2.45) is 0 Å². The number of methoxy groups -OCH3 is 1. The number of carbonyl (C=O) groups excluding carboxylic acids is 1. The van der Waals surface area contributed by atoms with Crippen LogP contribution < -0.4 is 15.0 Å². The number of nitrogens with one attached hydrogen (secondary N) is 1. The van der Waals surface area contributed by atoms with Gasteiger partial charge in [0.25, 0.3) is 0 Å². The van der Waals surface area contributed by atoms with Gasteiger partial charge >= 0.3 is 6.09 Å². The van der Waals surface area contributed by atoms with Gasteiger partial charge in [-0.15, -0.1) is 0 Å². The van der Waals surface area contributed by atoms with Crippen molar-refractivity contribution < 1.29 is 14.3 Å². The summed E-state index contributed by atoms with van der Waals surface area (Å²) in [4.78, 5) is 23.3. The van der Waals surface area contributed by atoms with E-state index in [0.29, 0.717) is 17.8 Å². The Bertz CT molecular complexity index is 1260. The molecule has 6 rings (SSSR count). The van der Waals surface area contributed by atoms with Crippen LogP contribution in [0.3, 0.4) is 0 Å². The van der Waals surface area contributed by atoms with E-state index in [1.807, 2.05) is 31.3 Å². The molecule has 9 heteroatoms. The maximum atomic E-state index is 12.7. The van der Waals surface area contributed by atoms with Crippen molar-refractivity contribution in [3.05, 3.63) is 48.2 Å². The molecule has 3 aliphatic rings. The molecule has 1 saturated heterocycles. The molecule has 1 aliphatic carbocycles. The first-order valence-corrected chi connectivity index (χ1v) is 12.9. The SMILES string of the molecule is COC(=O)N1c2ccc(-c3cnn(C4CCNCC4)c3)c(Oc3cc(C4CC4)ncn3)c2CCC1C. The van der Waals surface area contributed by atoms with Gasteiger partial charge in [0.05, 0.1) is 30.7 Å². The lowest BCUT2D eigenvalue weighted by Crippen LogP contribution is -2.42. The minimum atomic E-state index is -0.362. The van der Waals surface area contributed by atoms with E-state index in [-0.39, 0.29) is 12.1 Å². The van der Waals surface area contributed by atoms with E-state index in [4.69, 9.17) is 14.6 Å². The summed E-state index contributed by atoms with van der Waals surface area (Å²) in [7, 11) is 1.42. The molecule has 3 aromatic rings. The van der Waals surface area contributed by atoms with Gasteiger partial charge < -0.3 is 14.8 Å². The number of amides is 1. The second kappa shape index (κ2) is 9.54. The average Bonchev–Trinajstić information content (AvgIpc) is 3.66. The molecule has 9 nitrogen and oxygen atoms in total. The summed E-state index contributed by atoms with van der Waals surface area (Å²) in [6, 6.07) is 6.40. The minimum absolute atomic E-state index is 0.0341. The Labute approximate surface area is 210 Å². The number of carbonyl (C=O) groups is 1. The molecule has 4 heterocycles. The van der Waals surface area contributed by atoms with Crippen LogP contribution in [0.15, 0.2) is 36.9 Å². The van der Waals surface area contributed by atoms with E-state index in [1.54, 1.807) is 11.2 Å². The van der Waals surface area contributed by atoms with Gasteiger partial charge in [0, 0.05) is 40.9 Å². The van der Waals surface area contributed by atoms with E-state index in [0.717, 1.165) is 85.4 Å². The Morgan fingerprint density at radius 1 is 1.11 bits per heavy atom. The highest BCUT2D eigenvalue weighted by molar-refractivity contribution is 5.92. The molecule has 1 atom stereocenters. The smallest absolute Gasteiger partial charge is 0.414 e. The number of aromatic nitrogens is 4. The fourth-order valence-electron chi connectivity index (χ4n) is 5.39. The van der Waals surface area contributed by atoms with E-state index < -0.39 is 0 Å². The third-order valence-corrected chi connectivity index (χ3v) is 7.58. The van der Waals surface area contributed by atoms with Crippen LogP contribution in [0, 0.1) is 0 Å². The van der Waals surface area contributed by atoms with Crippen molar-refractivity contribution in [2.75, 3.05) is 25.1 Å². The van der Waals surface area contributed by atoms with E-state index >= 15 is 0 Å². The van der Waals surface area contributed by atoms with Crippen LogP contribution in [0.4, 0.5) is 10.5 Å². The van der Waals surface area contributed by atoms with Crippen molar-refractivity contribution >= 4 is 11.8 Å². The van der Waals surface area contributed by atoms with Gasteiger partial charge in [-0.3, -0.25) is 9.58 Å². The average molecular weight is 489 g/mol. The largest absolute Gasteiger partial charge is 0.452 e. The molecule has 1 amide bonds. The third kappa shape index (κ3) is 4.32. The maximum absolute atomic E-state index is 12.7. The van der Waals surface area contributed by atoms with Crippen LogP contribution in [-0.4, -0.2) is 52.1 Å². The molecule has 1 unspecified atom stereocenters. The Hall–Kier alpha value is -3.46. The molecule has 188 valence electrons. The summed E-state index contributed by atoms with van der Waals surface area (Å²) >= 11 is 0. The van der Waals surface area contributed by atoms with Crippen LogP contribution in [0.1, 0.15) is 62.2 Å². The Morgan fingerprint density at radius 2 is 1.94 bits per heavy atom. The highest BCUT2D eigenvalue weighted by Gasteiger charge is 2.33. The fourth-order valence-corrected chi connectivity index (χ4v) is 5.39. The number of ether oxygens (including phenoxy) is 2. The van der Waals surface area contributed by atoms with Gasteiger partial charge in [0.15, 0.2) is 0 Å². The van der Waals surface area contributed by atoms with Crippen LogP contribution in [-0.2, 0) is 11.2 Å². The molecule has 1 N–H and O–H groups in total. The summed E-state index contributed by atoms with van der Waals surface area (Å²) < 4.78 is 13.8. The van der Waals surface area contributed by atoms with Gasteiger partial charge in [0.1, 0.15) is 12.1 Å². The predicted octanol–water partition coefficient (Wildman–Crippen LogP) is 4.84. The lowest BCUT2D eigenvalue weighted by Gasteiger charge is -2.35. The molecular weight excluding hydrogens is 456 g/mol. The lowest BCUT2D eigenvalue weighted by molar-refractivity contribution is 0.175. The van der Waals surface area contributed by atoms with Gasteiger partial charge in [-0.2, -0.15) is 5.10 Å². The minimum Gasteiger partial charge on any atom is -0.452 e. The van der Waals surface area contributed by atoms with Gasteiger partial charge in [-0.05, 0) is 70.7 Å². The number of rotatable bonds is 5. The van der Waals surface area contributed by atoms with Crippen molar-refractivity contribution in [1.29, 1.82) is 0 Å². The summed E-state index contributed by atoms with van der Waals surface area (Å²) in [5.41, 5.74) is 4.76. The van der Waals surface area contributed by atoms with Crippen molar-refractivity contribution in [2.45, 2.75) is 63.5 Å². The molecule has 0 radical (unpaired) electrons. The summed E-state index contributed by atoms with van der Waals surface area (Å²) in [6.07, 6.45) is 11.3. The molecule has 36 heavy (non-hydrogen) atoms. The van der Waals surface area contributed by atoms with Crippen molar-refractivity contribution in [3.8, 4) is 22.8 Å². The Kier molecular flexibility index (Phi) is 6.08. The number of anilines is 1. The topological polar surface area (TPSA) is 94.4 Å². The second-order valence-electron chi connectivity index (χ2n) is 10.0. The second-order valence-corrected chi connectivity index (χ2v) is 10.0. The first kappa shape index (κ1) is 23.0. The van der Waals surface area contributed by atoms with E-state index in [9.17, 15) is 4.79 Å². The standard InChI is InChI=1S/C27H32N6O3/c1-17-3-6-22-24(33(17)27(34)35-2)8-7-21(19-14-31-32(15-19)20-9-11-28-12-10-20)26(22)36-25-13-23(18-4-5-18)29-16-30-25/h7-8,13-18,20,28H,3-6,9-12H2,1-2H3. The lowest BCUT2D eigenvalue weighted by atomic mass is 9.92. The zero-order chi connectivity index (χ0) is 24.6. The molecule has 2 aliphatic heterocycles. The maximum Gasteiger partial charge on any atom is 0.414 e. The summed E-state index contributed by atoms with van der Waals surface area (Å²) in [6.45, 7) is 4.06. The normalized spacial score (nSPS) is 20.2. The number of fused-ring (bicyclic) bond motifs is 1. The highest BCUT2D eigenvalue weighted by Crippen LogP contribution is 2.45. The summed E-state index contributed by atoms with van der Waals surface area (Å²) in [5.74, 6) is 1.74. The van der Waals surface area contributed by atoms with Gasteiger partial charge in [0.2, 0.25) is 5.88 Å². The zero-order valence-corrected chi connectivity index (χ0v) is 20.8. The number of hydrogen-bond acceptors (Lipinski definition) is 7. The van der Waals surface area contributed by atoms with E-state index in [1.165, 1.54) is 7.11 Å². The van der Waals surface area contributed by atoms with Crippen molar-refractivity contribution in [1.82, 2.24) is 25.1 Å². The van der Waals surface area contributed by atoms with Gasteiger partial charge in [-0.25, -0.2) is 14.8 Å².